The summed E-state index contributed by atoms with van der Waals surface area (Å²) in [7, 11) is 0. The summed E-state index contributed by atoms with van der Waals surface area (Å²) in [4.78, 5) is 8.48. The summed E-state index contributed by atoms with van der Waals surface area (Å²) in [6, 6.07) is 2.02. The van der Waals surface area contributed by atoms with Crippen LogP contribution in [0.25, 0.3) is 0 Å². The Labute approximate surface area is 72.2 Å². The van der Waals surface area contributed by atoms with Crippen molar-refractivity contribution in [1.82, 2.24) is 15.3 Å². The van der Waals surface area contributed by atoms with E-state index in [1.54, 1.807) is 0 Å². The van der Waals surface area contributed by atoms with E-state index < -0.39 is 0 Å². The Bertz CT molecular complexity index is 266. The van der Waals surface area contributed by atoms with Crippen LogP contribution >= 0.6 is 0 Å². The van der Waals surface area contributed by atoms with Crippen molar-refractivity contribution >= 4 is 0 Å². The molecule has 1 atom stereocenters. The fourth-order valence-electron chi connectivity index (χ4n) is 1.61. The smallest absolute Gasteiger partial charge is 0.125 e. The number of nitrogens with one attached hydrogen (secondary N) is 1. The maximum absolute atomic E-state index is 4.40. The topological polar surface area (TPSA) is 37.8 Å². The van der Waals surface area contributed by atoms with Gasteiger partial charge in [-0.3, -0.25) is 0 Å². The third-order valence-corrected chi connectivity index (χ3v) is 2.28. The molecular weight excluding hydrogens is 150 g/mol. The van der Waals surface area contributed by atoms with Crippen LogP contribution in [0.5, 0.6) is 0 Å². The first-order valence-electron chi connectivity index (χ1n) is 4.36. The highest BCUT2D eigenvalue weighted by Gasteiger charge is 2.17. The molecule has 12 heavy (non-hydrogen) atoms. The minimum atomic E-state index is 0.603. The lowest BCUT2D eigenvalue weighted by Gasteiger charge is -2.06. The lowest BCUT2D eigenvalue weighted by atomic mass is 10.1. The standard InChI is InChI=1S/C9H13N3/c1-7-11-5-3-9(12-7)8-2-4-10-6-8/h3,5,8,10H,2,4,6H2,1H3/t8-/m1/s1. The lowest BCUT2D eigenvalue weighted by molar-refractivity contribution is 0.724. The zero-order valence-electron chi connectivity index (χ0n) is 7.25. The molecule has 64 valence electrons. The molecule has 1 fully saturated rings. The van der Waals surface area contributed by atoms with Gasteiger partial charge in [-0.25, -0.2) is 9.97 Å². The molecule has 0 spiro atoms. The van der Waals surface area contributed by atoms with Crippen LogP contribution in [0, 0.1) is 6.92 Å². The molecule has 0 saturated carbocycles. The van der Waals surface area contributed by atoms with Gasteiger partial charge in [0.15, 0.2) is 0 Å². The van der Waals surface area contributed by atoms with Crippen LogP contribution in [0.1, 0.15) is 23.9 Å². The van der Waals surface area contributed by atoms with Crippen LogP contribution < -0.4 is 5.32 Å². The largest absolute Gasteiger partial charge is 0.316 e. The Morgan fingerprint density at radius 2 is 2.50 bits per heavy atom. The summed E-state index contributed by atoms with van der Waals surface area (Å²) in [6.45, 7) is 4.12. The van der Waals surface area contributed by atoms with Gasteiger partial charge in [-0.2, -0.15) is 0 Å². The van der Waals surface area contributed by atoms with Crippen molar-refractivity contribution in [2.45, 2.75) is 19.3 Å². The van der Waals surface area contributed by atoms with E-state index in [0.29, 0.717) is 5.92 Å². The van der Waals surface area contributed by atoms with E-state index in [1.165, 1.54) is 12.1 Å². The van der Waals surface area contributed by atoms with Gasteiger partial charge in [-0.05, 0) is 26.0 Å². The van der Waals surface area contributed by atoms with Gasteiger partial charge in [0.25, 0.3) is 0 Å². The highest BCUT2D eigenvalue weighted by atomic mass is 14.9. The SMILES string of the molecule is Cc1nccc([C@@H]2CCNC2)n1. The van der Waals surface area contributed by atoms with Gasteiger partial charge in [0.2, 0.25) is 0 Å². The molecular formula is C9H13N3. The van der Waals surface area contributed by atoms with Crippen LogP contribution in [0.15, 0.2) is 12.3 Å². The van der Waals surface area contributed by atoms with Crippen molar-refractivity contribution in [2.75, 3.05) is 13.1 Å². The van der Waals surface area contributed by atoms with Gasteiger partial charge in [0, 0.05) is 24.4 Å². The van der Waals surface area contributed by atoms with E-state index in [-0.39, 0.29) is 0 Å². The first kappa shape index (κ1) is 7.68. The maximum atomic E-state index is 4.40. The van der Waals surface area contributed by atoms with Crippen molar-refractivity contribution in [2.24, 2.45) is 0 Å². The monoisotopic (exact) mass is 163 g/mol. The van der Waals surface area contributed by atoms with Crippen LogP contribution in [-0.2, 0) is 0 Å². The fourth-order valence-corrected chi connectivity index (χ4v) is 1.61. The molecule has 1 aliphatic heterocycles. The van der Waals surface area contributed by atoms with Crippen molar-refractivity contribution in [3.8, 4) is 0 Å². The van der Waals surface area contributed by atoms with Gasteiger partial charge in [-0.1, -0.05) is 0 Å². The molecule has 1 aromatic heterocycles. The highest BCUT2D eigenvalue weighted by molar-refractivity contribution is 5.10. The number of rotatable bonds is 1. The normalized spacial score (nSPS) is 22.9. The predicted molar refractivity (Wildman–Crippen MR) is 47.0 cm³/mol. The van der Waals surface area contributed by atoms with E-state index in [1.807, 2.05) is 19.2 Å². The first-order valence-corrected chi connectivity index (χ1v) is 4.36. The van der Waals surface area contributed by atoms with Crippen LogP contribution in [0.2, 0.25) is 0 Å². The van der Waals surface area contributed by atoms with Gasteiger partial charge in [-0.15, -0.1) is 0 Å². The molecule has 1 N–H and O–H groups in total. The molecule has 1 aliphatic rings. The summed E-state index contributed by atoms with van der Waals surface area (Å²) in [6.07, 6.45) is 3.05. The van der Waals surface area contributed by atoms with E-state index >= 15 is 0 Å². The molecule has 3 heteroatoms. The van der Waals surface area contributed by atoms with Crippen molar-refractivity contribution in [3.63, 3.8) is 0 Å². The maximum Gasteiger partial charge on any atom is 0.125 e. The lowest BCUT2D eigenvalue weighted by Crippen LogP contribution is -2.09. The van der Waals surface area contributed by atoms with E-state index in [0.717, 1.165) is 18.9 Å². The van der Waals surface area contributed by atoms with Crippen molar-refractivity contribution in [3.05, 3.63) is 23.8 Å². The number of hydrogen-bond donors (Lipinski definition) is 1. The molecule has 1 saturated heterocycles. The molecule has 0 radical (unpaired) electrons. The van der Waals surface area contributed by atoms with Gasteiger partial charge in [0.05, 0.1) is 0 Å². The highest BCUT2D eigenvalue weighted by Crippen LogP contribution is 2.19. The second-order valence-corrected chi connectivity index (χ2v) is 3.22. The van der Waals surface area contributed by atoms with E-state index in [9.17, 15) is 0 Å². The molecule has 0 aromatic carbocycles. The molecule has 3 nitrogen and oxygen atoms in total. The average molecular weight is 163 g/mol. The minimum absolute atomic E-state index is 0.603. The molecule has 0 bridgehead atoms. The van der Waals surface area contributed by atoms with Gasteiger partial charge < -0.3 is 5.32 Å². The Kier molecular flexibility index (Phi) is 2.04. The summed E-state index contributed by atoms with van der Waals surface area (Å²) < 4.78 is 0. The molecule has 1 aromatic rings. The first-order chi connectivity index (χ1) is 5.86. The van der Waals surface area contributed by atoms with Crippen molar-refractivity contribution in [1.29, 1.82) is 0 Å². The van der Waals surface area contributed by atoms with Gasteiger partial charge >= 0.3 is 0 Å². The second-order valence-electron chi connectivity index (χ2n) is 3.22. The Hall–Kier alpha value is -0.960. The fraction of sp³-hybridized carbons (Fsp3) is 0.556. The minimum Gasteiger partial charge on any atom is -0.316 e. The molecule has 0 unspecified atom stereocenters. The van der Waals surface area contributed by atoms with E-state index in [2.05, 4.69) is 15.3 Å². The van der Waals surface area contributed by atoms with Gasteiger partial charge in [0.1, 0.15) is 5.82 Å². The van der Waals surface area contributed by atoms with Crippen LogP contribution in [-0.4, -0.2) is 23.1 Å². The molecule has 2 heterocycles. The predicted octanol–water partition coefficient (Wildman–Crippen LogP) is 0.862. The Morgan fingerprint density at radius 1 is 1.58 bits per heavy atom. The number of aryl methyl sites for hydroxylation is 1. The zero-order chi connectivity index (χ0) is 8.39. The summed E-state index contributed by atoms with van der Waals surface area (Å²) >= 11 is 0. The Balaban J connectivity index is 2.21. The Morgan fingerprint density at radius 3 is 3.17 bits per heavy atom. The summed E-state index contributed by atoms with van der Waals surface area (Å²) in [5.41, 5.74) is 1.19. The molecule has 0 aliphatic carbocycles. The third kappa shape index (κ3) is 1.46. The van der Waals surface area contributed by atoms with Crippen molar-refractivity contribution < 1.29 is 0 Å². The number of hydrogen-bond acceptors (Lipinski definition) is 3. The molecule has 0 amide bonds. The molecule has 2 rings (SSSR count). The second kappa shape index (κ2) is 3.19. The number of nitrogens with zero attached hydrogens (tertiary/aromatic N) is 2. The average Bonchev–Trinajstić information content (AvgIpc) is 2.56. The zero-order valence-corrected chi connectivity index (χ0v) is 7.25. The summed E-state index contributed by atoms with van der Waals surface area (Å²) in [5, 5.41) is 3.33. The van der Waals surface area contributed by atoms with Crippen LogP contribution in [0.4, 0.5) is 0 Å². The third-order valence-electron chi connectivity index (χ3n) is 2.28. The van der Waals surface area contributed by atoms with E-state index in [4.69, 9.17) is 0 Å². The van der Waals surface area contributed by atoms with Crippen LogP contribution in [0.3, 0.4) is 0 Å². The quantitative estimate of drug-likeness (QED) is 0.667. The number of aromatic nitrogens is 2. The summed E-state index contributed by atoms with van der Waals surface area (Å²) in [5.74, 6) is 1.48.